The minimum Gasteiger partial charge on any atom is -0.481 e. The van der Waals surface area contributed by atoms with Crippen molar-refractivity contribution in [2.24, 2.45) is 5.84 Å². The minimum absolute atomic E-state index is 0.339. The predicted octanol–water partition coefficient (Wildman–Crippen LogP) is -4.97. The molecule has 0 rings (SSSR count). The van der Waals surface area contributed by atoms with Crippen molar-refractivity contribution >= 4 is 71.1 Å². The zero-order valence-electron chi connectivity index (χ0n) is 31.1. The Labute approximate surface area is 328 Å². The monoisotopic (exact) mass is 835 g/mol. The van der Waals surface area contributed by atoms with Crippen LogP contribution in [0.1, 0.15) is 84.0 Å². The van der Waals surface area contributed by atoms with Gasteiger partial charge in [0.15, 0.2) is 5.78 Å². The number of amides is 5. The van der Waals surface area contributed by atoms with E-state index in [0.717, 1.165) is 6.92 Å². The molecule has 326 valence electrons. The Hall–Kier alpha value is -6.32. The molecule has 27 heteroatoms. The van der Waals surface area contributed by atoms with Crippen molar-refractivity contribution in [1.82, 2.24) is 43.1 Å². The van der Waals surface area contributed by atoms with Crippen molar-refractivity contribution in [1.29, 1.82) is 0 Å². The van der Waals surface area contributed by atoms with Gasteiger partial charge in [-0.05, 0) is 45.4 Å². The van der Waals surface area contributed by atoms with Gasteiger partial charge in [-0.3, -0.25) is 68.8 Å². The quantitative estimate of drug-likeness (QED) is 0.0223. The maximum Gasteiger partial charge on any atom is 0.303 e. The molecule has 0 heterocycles. The number of hydrogen-bond donors (Lipinski definition) is 15. The first-order chi connectivity index (χ1) is 27.1. The van der Waals surface area contributed by atoms with Crippen LogP contribution in [0, 0.1) is 0 Å². The second-order valence-corrected chi connectivity index (χ2v) is 12.5. The smallest absolute Gasteiger partial charge is 0.303 e. The van der Waals surface area contributed by atoms with Crippen molar-refractivity contribution in [2.45, 2.75) is 120 Å². The Bertz CT molecular complexity index is 1530. The number of Topliss-reactive ketones (excluding diaryl/α,β-unsaturated/α-hetero) is 1. The summed E-state index contributed by atoms with van der Waals surface area (Å²) in [6.45, 7) is 1.05. The van der Waals surface area contributed by atoms with Crippen LogP contribution < -0.4 is 48.9 Å². The van der Waals surface area contributed by atoms with Crippen LogP contribution in [0.5, 0.6) is 0 Å². The molecule has 0 aliphatic carbocycles. The van der Waals surface area contributed by atoms with E-state index in [4.69, 9.17) is 26.3 Å². The SMILES string of the molecule is CC(=O)C(CCC(=O)O)NC(=O)C(CCC(=O)O)NC(=O)C(CCC(=O)O)NNNC(=O)C(CCC(=O)O)NC(=O)[C@H](CCC(=O)O)NC(=O)C(CCC(=O)O)NN. The highest BCUT2D eigenvalue weighted by Gasteiger charge is 2.32. The molecule has 16 N–H and O–H groups in total. The maximum absolute atomic E-state index is 13.3. The number of rotatable bonds is 32. The number of carbonyl (C=O) groups excluding carboxylic acids is 6. The lowest BCUT2D eigenvalue weighted by Gasteiger charge is -2.26. The average Bonchev–Trinajstić information content (AvgIpc) is 3.12. The van der Waals surface area contributed by atoms with Crippen LogP contribution in [0.3, 0.4) is 0 Å². The summed E-state index contributed by atoms with van der Waals surface area (Å²) in [6.07, 6.45) is -6.76. The molecule has 0 aromatic heterocycles. The van der Waals surface area contributed by atoms with E-state index in [1.807, 2.05) is 5.43 Å². The summed E-state index contributed by atoms with van der Waals surface area (Å²) in [5, 5.41) is 63.4. The molecule has 0 aliphatic heterocycles. The summed E-state index contributed by atoms with van der Waals surface area (Å²) in [5.41, 5.74) is 8.42. The van der Waals surface area contributed by atoms with Gasteiger partial charge in [0, 0.05) is 38.5 Å². The zero-order chi connectivity index (χ0) is 44.5. The number of hydrazine groups is 3. The van der Waals surface area contributed by atoms with Crippen LogP contribution >= 0.6 is 0 Å². The van der Waals surface area contributed by atoms with E-state index in [2.05, 4.69) is 37.7 Å². The second-order valence-electron chi connectivity index (χ2n) is 12.5. The van der Waals surface area contributed by atoms with E-state index < -0.39 is 172 Å². The van der Waals surface area contributed by atoms with Crippen molar-refractivity contribution in [3.05, 3.63) is 0 Å². The van der Waals surface area contributed by atoms with E-state index in [9.17, 15) is 67.7 Å². The van der Waals surface area contributed by atoms with Crippen molar-refractivity contribution < 1.29 is 88.2 Å². The standard InChI is InChI=1S/C31H49N9O18/c1-14(41)15(2-8-21(42)43)33-27(54)16(3-9-22(44)45)35-30(57)20(7-13-26(52)53)38-40-39-31(58)18(5-11-24(48)49)36-28(55)17(4-10-23(46)47)34-29(56)19(37-32)6-12-25(50)51/h15-20,37-38,40H,2-13,32H2,1H3,(H,33,54)(H,34,56)(H,35,57)(H,36,55)(H,39,58)(H,42,43)(H,44,45)(H,46,47)(H,48,49)(H,50,51)(H,52,53)/t15?,16?,17-,18?,19?,20?/m0/s1. The first kappa shape index (κ1) is 51.7. The van der Waals surface area contributed by atoms with Crippen LogP contribution in [0.25, 0.3) is 0 Å². The fourth-order valence-electron chi connectivity index (χ4n) is 4.71. The van der Waals surface area contributed by atoms with Gasteiger partial charge >= 0.3 is 35.8 Å². The van der Waals surface area contributed by atoms with Gasteiger partial charge in [0.2, 0.25) is 23.6 Å². The molecule has 58 heavy (non-hydrogen) atoms. The number of carboxylic acids is 6. The molecule has 0 aliphatic rings. The van der Waals surface area contributed by atoms with E-state index >= 15 is 0 Å². The number of nitrogens with two attached hydrogens (primary N) is 1. The Kier molecular flexibility index (Phi) is 24.3. The van der Waals surface area contributed by atoms with Crippen LogP contribution in [0.4, 0.5) is 0 Å². The van der Waals surface area contributed by atoms with Gasteiger partial charge in [0.25, 0.3) is 5.91 Å². The Balaban J connectivity index is 6.11. The summed E-state index contributed by atoms with van der Waals surface area (Å²) < 4.78 is 0. The van der Waals surface area contributed by atoms with Gasteiger partial charge < -0.3 is 51.9 Å². The van der Waals surface area contributed by atoms with E-state index in [1.54, 1.807) is 0 Å². The molecule has 0 aromatic rings. The topological polar surface area (TPSA) is 448 Å². The van der Waals surface area contributed by atoms with E-state index in [-0.39, 0.29) is 12.8 Å². The zero-order valence-corrected chi connectivity index (χ0v) is 31.1. The number of carboxylic acid groups (broad SMARTS) is 6. The second kappa shape index (κ2) is 27.3. The number of ketones is 1. The van der Waals surface area contributed by atoms with Crippen molar-refractivity contribution in [2.75, 3.05) is 0 Å². The Morgan fingerprint density at radius 1 is 0.397 bits per heavy atom. The van der Waals surface area contributed by atoms with Crippen LogP contribution in [0.2, 0.25) is 0 Å². The molecule has 0 aromatic carbocycles. The van der Waals surface area contributed by atoms with Gasteiger partial charge in [0.1, 0.15) is 30.2 Å². The highest BCUT2D eigenvalue weighted by Crippen LogP contribution is 2.07. The van der Waals surface area contributed by atoms with E-state index in [0.29, 0.717) is 0 Å². The van der Waals surface area contributed by atoms with Gasteiger partial charge in [0.05, 0.1) is 6.04 Å². The molecule has 0 saturated carbocycles. The summed E-state index contributed by atoms with van der Waals surface area (Å²) in [4.78, 5) is 144. The summed E-state index contributed by atoms with van der Waals surface area (Å²) in [5.74, 6) is -9.13. The molecule has 27 nitrogen and oxygen atoms in total. The van der Waals surface area contributed by atoms with Crippen LogP contribution in [-0.2, 0) is 57.5 Å². The number of nitrogens with one attached hydrogen (secondary N) is 8. The third-order valence-corrected chi connectivity index (χ3v) is 7.85. The minimum atomic E-state index is -1.73. The van der Waals surface area contributed by atoms with Crippen LogP contribution in [-0.4, -0.2) is 138 Å². The molecular weight excluding hydrogens is 786 g/mol. The highest BCUT2D eigenvalue weighted by molar-refractivity contribution is 5.95. The molecular formula is C31H49N9O18. The first-order valence-electron chi connectivity index (χ1n) is 17.4. The fourth-order valence-corrected chi connectivity index (χ4v) is 4.71. The molecule has 5 amide bonds. The number of aliphatic carboxylic acids is 6. The molecule has 0 spiro atoms. The van der Waals surface area contributed by atoms with Gasteiger partial charge in [-0.1, -0.05) is 0 Å². The molecule has 5 unspecified atom stereocenters. The predicted molar refractivity (Wildman–Crippen MR) is 189 cm³/mol. The van der Waals surface area contributed by atoms with Gasteiger partial charge in [-0.2, -0.15) is 5.53 Å². The number of carbonyl (C=O) groups is 12. The summed E-state index contributed by atoms with van der Waals surface area (Å²) in [6, 6.07) is -9.37. The Morgan fingerprint density at radius 2 is 0.655 bits per heavy atom. The maximum atomic E-state index is 13.3. The number of hydrogen-bond acceptors (Lipinski definition) is 16. The lowest BCUT2D eigenvalue weighted by Crippen LogP contribution is -2.61. The first-order valence-corrected chi connectivity index (χ1v) is 17.4. The fraction of sp³-hybridized carbons (Fsp3) is 0.613. The summed E-state index contributed by atoms with van der Waals surface area (Å²) >= 11 is 0. The molecule has 0 saturated heterocycles. The average molecular weight is 836 g/mol. The largest absolute Gasteiger partial charge is 0.481 e. The van der Waals surface area contributed by atoms with Crippen molar-refractivity contribution in [3.63, 3.8) is 0 Å². The molecule has 0 fully saturated rings. The summed E-state index contributed by atoms with van der Waals surface area (Å²) in [7, 11) is 0. The van der Waals surface area contributed by atoms with E-state index in [1.165, 1.54) is 0 Å². The Morgan fingerprint density at radius 3 is 0.983 bits per heavy atom. The highest BCUT2D eigenvalue weighted by atomic mass is 16.4. The molecule has 0 bridgehead atoms. The lowest BCUT2D eigenvalue weighted by molar-refractivity contribution is -0.140. The van der Waals surface area contributed by atoms with Crippen LogP contribution in [0.15, 0.2) is 0 Å². The van der Waals surface area contributed by atoms with Crippen molar-refractivity contribution in [3.8, 4) is 0 Å². The molecule has 0 radical (unpaired) electrons. The van der Waals surface area contributed by atoms with Gasteiger partial charge in [-0.25, -0.2) is 10.9 Å². The normalized spacial score (nSPS) is 13.8. The van der Waals surface area contributed by atoms with Gasteiger partial charge in [-0.15, -0.1) is 0 Å². The third-order valence-electron chi connectivity index (χ3n) is 7.85. The lowest BCUT2D eigenvalue weighted by atomic mass is 10.0. The third kappa shape index (κ3) is 22.9. The molecule has 6 atom stereocenters.